The molecule has 3 heteroatoms. The van der Waals surface area contributed by atoms with Crippen LogP contribution in [0.5, 0.6) is 0 Å². The molecule has 1 saturated carbocycles. The maximum Gasteiger partial charge on any atom is 0.0477 e. The highest BCUT2D eigenvalue weighted by Gasteiger charge is 2.44. The first kappa shape index (κ1) is 15.3. The van der Waals surface area contributed by atoms with Crippen molar-refractivity contribution < 1.29 is 4.74 Å². The Balaban J connectivity index is 2.03. The molecule has 0 spiro atoms. The van der Waals surface area contributed by atoms with Crippen molar-refractivity contribution in [3.63, 3.8) is 0 Å². The van der Waals surface area contributed by atoms with Crippen LogP contribution in [-0.4, -0.2) is 49.3 Å². The summed E-state index contributed by atoms with van der Waals surface area (Å²) in [5, 5.41) is 3.87. The van der Waals surface area contributed by atoms with Crippen LogP contribution in [0.15, 0.2) is 0 Å². The third-order valence-corrected chi connectivity index (χ3v) is 5.42. The third kappa shape index (κ3) is 3.50. The SMILES string of the molecule is CCC1(CC)CN(C(C)CCOC)C(C2CC2)CN1. The van der Waals surface area contributed by atoms with Gasteiger partial charge in [-0.15, -0.1) is 0 Å². The van der Waals surface area contributed by atoms with Gasteiger partial charge < -0.3 is 10.1 Å². The van der Waals surface area contributed by atoms with Crippen LogP contribution in [0.1, 0.15) is 52.9 Å². The fourth-order valence-electron chi connectivity index (χ4n) is 3.54. The first-order chi connectivity index (χ1) is 9.15. The molecule has 0 aromatic carbocycles. The molecule has 1 saturated heterocycles. The normalized spacial score (nSPS) is 29.4. The summed E-state index contributed by atoms with van der Waals surface area (Å²) < 4.78 is 5.28. The number of nitrogens with zero attached hydrogens (tertiary/aromatic N) is 1. The van der Waals surface area contributed by atoms with Crippen LogP contribution >= 0.6 is 0 Å². The van der Waals surface area contributed by atoms with Gasteiger partial charge in [0, 0.05) is 44.4 Å². The van der Waals surface area contributed by atoms with Crippen molar-refractivity contribution in [3.8, 4) is 0 Å². The molecule has 2 atom stereocenters. The third-order valence-electron chi connectivity index (χ3n) is 5.42. The fraction of sp³-hybridized carbons (Fsp3) is 1.00. The first-order valence-corrected chi connectivity index (χ1v) is 8.15. The van der Waals surface area contributed by atoms with Crippen molar-refractivity contribution in [1.29, 1.82) is 0 Å². The number of hydrogen-bond donors (Lipinski definition) is 1. The summed E-state index contributed by atoms with van der Waals surface area (Å²) in [5.74, 6) is 0.948. The van der Waals surface area contributed by atoms with Gasteiger partial charge in [-0.3, -0.25) is 4.90 Å². The van der Waals surface area contributed by atoms with E-state index in [1.807, 2.05) is 7.11 Å². The van der Waals surface area contributed by atoms with Crippen molar-refractivity contribution in [1.82, 2.24) is 10.2 Å². The van der Waals surface area contributed by atoms with Gasteiger partial charge in [0.1, 0.15) is 0 Å². The number of hydrogen-bond acceptors (Lipinski definition) is 3. The Morgan fingerprint density at radius 3 is 2.53 bits per heavy atom. The molecule has 0 amide bonds. The maximum absolute atomic E-state index is 5.28. The van der Waals surface area contributed by atoms with Crippen LogP contribution in [0.4, 0.5) is 0 Å². The highest BCUT2D eigenvalue weighted by Crippen LogP contribution is 2.39. The summed E-state index contributed by atoms with van der Waals surface area (Å²) in [6.07, 6.45) is 6.49. The number of nitrogens with one attached hydrogen (secondary N) is 1. The van der Waals surface area contributed by atoms with Crippen LogP contribution in [-0.2, 0) is 4.74 Å². The number of rotatable bonds is 7. The Morgan fingerprint density at radius 2 is 2.00 bits per heavy atom. The predicted octanol–water partition coefficient (Wildman–Crippen LogP) is 2.65. The lowest BCUT2D eigenvalue weighted by Crippen LogP contribution is -2.66. The minimum Gasteiger partial charge on any atom is -0.385 e. The van der Waals surface area contributed by atoms with Crippen LogP contribution in [0.2, 0.25) is 0 Å². The van der Waals surface area contributed by atoms with Gasteiger partial charge in [0.25, 0.3) is 0 Å². The van der Waals surface area contributed by atoms with Gasteiger partial charge in [0.15, 0.2) is 0 Å². The second kappa shape index (κ2) is 6.55. The van der Waals surface area contributed by atoms with Gasteiger partial charge in [-0.2, -0.15) is 0 Å². The van der Waals surface area contributed by atoms with E-state index < -0.39 is 0 Å². The molecule has 1 aliphatic carbocycles. The maximum atomic E-state index is 5.28. The summed E-state index contributed by atoms with van der Waals surface area (Å²) in [6.45, 7) is 10.3. The summed E-state index contributed by atoms with van der Waals surface area (Å²) in [4.78, 5) is 2.79. The molecule has 2 fully saturated rings. The van der Waals surface area contributed by atoms with Crippen LogP contribution in [0, 0.1) is 5.92 Å². The van der Waals surface area contributed by atoms with Gasteiger partial charge in [-0.25, -0.2) is 0 Å². The van der Waals surface area contributed by atoms with Gasteiger partial charge in [0.2, 0.25) is 0 Å². The zero-order valence-corrected chi connectivity index (χ0v) is 13.2. The van der Waals surface area contributed by atoms with E-state index in [-0.39, 0.29) is 0 Å². The van der Waals surface area contributed by atoms with E-state index in [4.69, 9.17) is 4.74 Å². The summed E-state index contributed by atoms with van der Waals surface area (Å²) in [7, 11) is 1.81. The van der Waals surface area contributed by atoms with Crippen molar-refractivity contribution in [2.24, 2.45) is 5.92 Å². The number of ether oxygens (including phenoxy) is 1. The second-order valence-corrected chi connectivity index (χ2v) is 6.58. The highest BCUT2D eigenvalue weighted by atomic mass is 16.5. The van der Waals surface area contributed by atoms with Crippen LogP contribution in [0.3, 0.4) is 0 Å². The molecule has 0 bridgehead atoms. The molecule has 2 rings (SSSR count). The molecule has 0 aromatic heterocycles. The lowest BCUT2D eigenvalue weighted by atomic mass is 9.86. The lowest BCUT2D eigenvalue weighted by molar-refractivity contribution is 0.0215. The first-order valence-electron chi connectivity index (χ1n) is 8.15. The Kier molecular flexibility index (Phi) is 5.27. The van der Waals surface area contributed by atoms with Crippen LogP contribution < -0.4 is 5.32 Å². The fourth-order valence-corrected chi connectivity index (χ4v) is 3.54. The molecule has 1 heterocycles. The standard InChI is InChI=1S/C16H32N2O/c1-5-16(6-2)12-18(13(3)9-10-19-4)15(11-17-16)14-7-8-14/h13-15,17H,5-12H2,1-4H3. The quantitative estimate of drug-likeness (QED) is 0.768. The monoisotopic (exact) mass is 268 g/mol. The van der Waals surface area contributed by atoms with Crippen molar-refractivity contribution in [2.75, 3.05) is 26.8 Å². The topological polar surface area (TPSA) is 24.5 Å². The second-order valence-electron chi connectivity index (χ2n) is 6.58. The lowest BCUT2D eigenvalue weighted by Gasteiger charge is -2.50. The van der Waals surface area contributed by atoms with Crippen molar-refractivity contribution in [2.45, 2.75) is 70.5 Å². The average molecular weight is 268 g/mol. The minimum absolute atomic E-state index is 0.340. The molecule has 19 heavy (non-hydrogen) atoms. The van der Waals surface area contributed by atoms with E-state index in [0.29, 0.717) is 11.6 Å². The molecule has 112 valence electrons. The van der Waals surface area contributed by atoms with Gasteiger partial charge in [-0.1, -0.05) is 13.8 Å². The van der Waals surface area contributed by atoms with E-state index in [1.165, 1.54) is 38.8 Å². The molecule has 2 aliphatic rings. The van der Waals surface area contributed by atoms with Crippen LogP contribution in [0.25, 0.3) is 0 Å². The largest absolute Gasteiger partial charge is 0.385 e. The smallest absolute Gasteiger partial charge is 0.0477 e. The molecule has 0 aromatic rings. The minimum atomic E-state index is 0.340. The number of methoxy groups -OCH3 is 1. The Hall–Kier alpha value is -0.120. The van der Waals surface area contributed by atoms with E-state index in [1.54, 1.807) is 0 Å². The highest BCUT2D eigenvalue weighted by molar-refractivity contribution is 5.02. The van der Waals surface area contributed by atoms with E-state index in [0.717, 1.165) is 25.0 Å². The van der Waals surface area contributed by atoms with E-state index in [2.05, 4.69) is 31.0 Å². The molecule has 3 nitrogen and oxygen atoms in total. The molecular weight excluding hydrogens is 236 g/mol. The van der Waals surface area contributed by atoms with E-state index >= 15 is 0 Å². The zero-order chi connectivity index (χ0) is 13.9. The van der Waals surface area contributed by atoms with Gasteiger partial charge >= 0.3 is 0 Å². The molecular formula is C16H32N2O. The zero-order valence-electron chi connectivity index (χ0n) is 13.2. The molecule has 1 aliphatic heterocycles. The Morgan fingerprint density at radius 1 is 1.32 bits per heavy atom. The molecule has 2 unspecified atom stereocenters. The van der Waals surface area contributed by atoms with Gasteiger partial charge in [0.05, 0.1) is 0 Å². The average Bonchev–Trinajstić information content (AvgIpc) is 3.28. The van der Waals surface area contributed by atoms with Crippen molar-refractivity contribution in [3.05, 3.63) is 0 Å². The van der Waals surface area contributed by atoms with Crippen molar-refractivity contribution >= 4 is 0 Å². The summed E-state index contributed by atoms with van der Waals surface area (Å²) >= 11 is 0. The molecule has 0 radical (unpaired) electrons. The number of piperazine rings is 1. The Labute approximate surface area is 119 Å². The molecule has 1 N–H and O–H groups in total. The Bertz CT molecular complexity index is 274. The van der Waals surface area contributed by atoms with Gasteiger partial charge in [-0.05, 0) is 44.9 Å². The summed E-state index contributed by atoms with van der Waals surface area (Å²) in [6, 6.07) is 1.41. The summed E-state index contributed by atoms with van der Waals surface area (Å²) in [5.41, 5.74) is 0.340. The van der Waals surface area contributed by atoms with E-state index in [9.17, 15) is 0 Å². The predicted molar refractivity (Wildman–Crippen MR) is 80.5 cm³/mol.